The van der Waals surface area contributed by atoms with Crippen molar-refractivity contribution in [2.24, 2.45) is 0 Å². The predicted octanol–water partition coefficient (Wildman–Crippen LogP) is 2.98. The molecular weight excluding hydrogens is 341 g/mol. The highest BCUT2D eigenvalue weighted by Gasteiger charge is 2.13. The van der Waals surface area contributed by atoms with Crippen molar-refractivity contribution in [3.05, 3.63) is 59.9 Å². The van der Waals surface area contributed by atoms with Crippen molar-refractivity contribution < 1.29 is 28.2 Å². The maximum absolute atomic E-state index is 12.8. The van der Waals surface area contributed by atoms with Crippen molar-refractivity contribution >= 4 is 23.3 Å². The normalized spacial score (nSPS) is 10.1. The lowest BCUT2D eigenvalue weighted by Crippen LogP contribution is -2.21. The molecule has 0 saturated heterocycles. The van der Waals surface area contributed by atoms with Crippen LogP contribution in [0.1, 0.15) is 23.2 Å². The first-order valence-electron chi connectivity index (χ1n) is 7.87. The Bertz CT molecular complexity index is 789. The third-order valence-electron chi connectivity index (χ3n) is 3.47. The van der Waals surface area contributed by atoms with Gasteiger partial charge in [0, 0.05) is 12.0 Å². The van der Waals surface area contributed by atoms with Crippen LogP contribution in [-0.2, 0) is 14.3 Å². The number of carbonyl (C=O) groups excluding carboxylic acids is 3. The average Bonchev–Trinajstić information content (AvgIpc) is 2.65. The Morgan fingerprint density at radius 2 is 1.69 bits per heavy atom. The van der Waals surface area contributed by atoms with E-state index >= 15 is 0 Å². The van der Waals surface area contributed by atoms with Crippen LogP contribution in [0.4, 0.5) is 10.1 Å². The van der Waals surface area contributed by atoms with Crippen molar-refractivity contribution in [3.8, 4) is 5.75 Å². The third kappa shape index (κ3) is 5.70. The minimum atomic E-state index is -0.671. The van der Waals surface area contributed by atoms with Gasteiger partial charge in [0.25, 0.3) is 5.91 Å². The minimum absolute atomic E-state index is 0.0847. The van der Waals surface area contributed by atoms with E-state index in [2.05, 4.69) is 5.32 Å². The van der Waals surface area contributed by atoms with Crippen molar-refractivity contribution in [2.75, 3.05) is 19.0 Å². The first kappa shape index (κ1) is 19.1. The van der Waals surface area contributed by atoms with Gasteiger partial charge >= 0.3 is 5.97 Å². The van der Waals surface area contributed by atoms with Gasteiger partial charge < -0.3 is 14.8 Å². The quantitative estimate of drug-likeness (QED) is 0.579. The number of para-hydroxylation sites is 2. The first-order valence-corrected chi connectivity index (χ1v) is 7.87. The number of nitrogens with one attached hydrogen (secondary N) is 1. The van der Waals surface area contributed by atoms with Gasteiger partial charge in [0.1, 0.15) is 11.6 Å². The summed E-state index contributed by atoms with van der Waals surface area (Å²) in [6, 6.07) is 11.9. The van der Waals surface area contributed by atoms with Crippen molar-refractivity contribution in [3.63, 3.8) is 0 Å². The molecule has 136 valence electrons. The topological polar surface area (TPSA) is 81.7 Å². The van der Waals surface area contributed by atoms with Gasteiger partial charge in [-0.25, -0.2) is 4.39 Å². The number of amides is 1. The zero-order valence-corrected chi connectivity index (χ0v) is 14.2. The smallest absolute Gasteiger partial charge is 0.306 e. The lowest BCUT2D eigenvalue weighted by atomic mass is 10.1. The molecule has 2 rings (SSSR count). The van der Waals surface area contributed by atoms with Crippen molar-refractivity contribution in [2.45, 2.75) is 12.8 Å². The number of methoxy groups -OCH3 is 1. The fourth-order valence-electron chi connectivity index (χ4n) is 2.15. The monoisotopic (exact) mass is 359 g/mol. The van der Waals surface area contributed by atoms with E-state index < -0.39 is 24.3 Å². The molecular formula is C19H18FNO5. The molecule has 0 aliphatic rings. The van der Waals surface area contributed by atoms with Crippen LogP contribution in [0.15, 0.2) is 48.5 Å². The van der Waals surface area contributed by atoms with E-state index in [9.17, 15) is 18.8 Å². The zero-order valence-electron chi connectivity index (χ0n) is 14.2. The van der Waals surface area contributed by atoms with E-state index in [1.807, 2.05) is 0 Å². The molecule has 0 heterocycles. The second-order valence-corrected chi connectivity index (χ2v) is 5.34. The van der Waals surface area contributed by atoms with Crippen molar-refractivity contribution in [1.29, 1.82) is 0 Å². The summed E-state index contributed by atoms with van der Waals surface area (Å²) in [4.78, 5) is 35.4. The molecule has 0 aliphatic heterocycles. The van der Waals surface area contributed by atoms with Gasteiger partial charge in [-0.05, 0) is 36.4 Å². The highest BCUT2D eigenvalue weighted by Crippen LogP contribution is 2.22. The molecule has 0 radical (unpaired) electrons. The second kappa shape index (κ2) is 9.31. The number of Topliss-reactive ketones (excluding diaryl/α,β-unsaturated/α-hetero) is 1. The third-order valence-corrected chi connectivity index (χ3v) is 3.47. The van der Waals surface area contributed by atoms with Crippen LogP contribution in [-0.4, -0.2) is 31.4 Å². The van der Waals surface area contributed by atoms with Crippen molar-refractivity contribution in [1.82, 2.24) is 0 Å². The number of carbonyl (C=O) groups is 3. The number of ketones is 1. The van der Waals surface area contributed by atoms with E-state index in [-0.39, 0.29) is 18.6 Å². The lowest BCUT2D eigenvalue weighted by Gasteiger charge is -2.10. The van der Waals surface area contributed by atoms with E-state index in [4.69, 9.17) is 9.47 Å². The Kier molecular flexibility index (Phi) is 6.84. The van der Waals surface area contributed by atoms with Gasteiger partial charge in [0.2, 0.25) is 0 Å². The van der Waals surface area contributed by atoms with Crippen LogP contribution in [0, 0.1) is 5.82 Å². The Hall–Kier alpha value is -3.22. The number of rotatable bonds is 8. The molecule has 6 nitrogen and oxygen atoms in total. The summed E-state index contributed by atoms with van der Waals surface area (Å²) in [5, 5.41) is 2.57. The molecule has 0 unspecified atom stereocenters. The van der Waals surface area contributed by atoms with E-state index in [0.29, 0.717) is 17.0 Å². The summed E-state index contributed by atoms with van der Waals surface area (Å²) < 4.78 is 22.8. The van der Waals surface area contributed by atoms with E-state index in [1.165, 1.54) is 31.4 Å². The average molecular weight is 359 g/mol. The van der Waals surface area contributed by atoms with Gasteiger partial charge in [-0.3, -0.25) is 14.4 Å². The summed E-state index contributed by atoms with van der Waals surface area (Å²) in [5.74, 6) is -1.46. The number of esters is 1. The van der Waals surface area contributed by atoms with Crippen LogP contribution >= 0.6 is 0 Å². The zero-order chi connectivity index (χ0) is 18.9. The molecule has 0 fully saturated rings. The number of benzene rings is 2. The minimum Gasteiger partial charge on any atom is -0.495 e. The summed E-state index contributed by atoms with van der Waals surface area (Å²) >= 11 is 0. The number of halogens is 1. The van der Waals surface area contributed by atoms with Gasteiger partial charge in [-0.15, -0.1) is 0 Å². The molecule has 0 spiro atoms. The number of ether oxygens (including phenoxy) is 2. The van der Waals surface area contributed by atoms with Crippen LogP contribution in [0.2, 0.25) is 0 Å². The molecule has 0 atom stereocenters. The fraction of sp³-hybridized carbons (Fsp3) is 0.211. The fourth-order valence-corrected chi connectivity index (χ4v) is 2.15. The Morgan fingerprint density at radius 1 is 1.00 bits per heavy atom. The SMILES string of the molecule is COc1ccccc1NC(=O)COC(=O)CCC(=O)c1ccc(F)cc1. The highest BCUT2D eigenvalue weighted by atomic mass is 19.1. The number of anilines is 1. The maximum atomic E-state index is 12.8. The highest BCUT2D eigenvalue weighted by molar-refractivity contribution is 5.98. The Balaban J connectivity index is 1.75. The summed E-state index contributed by atoms with van der Waals surface area (Å²) in [6.07, 6.45) is -0.253. The standard InChI is InChI=1S/C19H18FNO5/c1-25-17-5-3-2-4-15(17)21-18(23)12-26-19(24)11-10-16(22)13-6-8-14(20)9-7-13/h2-9H,10-12H2,1H3,(H,21,23). The summed E-state index contributed by atoms with van der Waals surface area (Å²) in [5.41, 5.74) is 0.774. The molecule has 2 aromatic carbocycles. The molecule has 0 aliphatic carbocycles. The van der Waals surface area contributed by atoms with Crippen LogP contribution < -0.4 is 10.1 Å². The van der Waals surface area contributed by atoms with Gasteiger partial charge in [0.05, 0.1) is 19.2 Å². The summed E-state index contributed by atoms with van der Waals surface area (Å²) in [7, 11) is 1.48. The summed E-state index contributed by atoms with van der Waals surface area (Å²) in [6.45, 7) is -0.471. The van der Waals surface area contributed by atoms with Gasteiger partial charge in [0.15, 0.2) is 12.4 Å². The lowest BCUT2D eigenvalue weighted by molar-refractivity contribution is -0.147. The second-order valence-electron chi connectivity index (χ2n) is 5.34. The van der Waals surface area contributed by atoms with Crippen LogP contribution in [0.25, 0.3) is 0 Å². The Labute approximate surface area is 149 Å². The predicted molar refractivity (Wildman–Crippen MR) is 92.5 cm³/mol. The molecule has 1 amide bonds. The molecule has 0 saturated carbocycles. The van der Waals surface area contributed by atoms with E-state index in [0.717, 1.165) is 0 Å². The Morgan fingerprint density at radius 3 is 2.38 bits per heavy atom. The molecule has 2 aromatic rings. The maximum Gasteiger partial charge on any atom is 0.306 e. The molecule has 26 heavy (non-hydrogen) atoms. The number of hydrogen-bond donors (Lipinski definition) is 1. The van der Waals surface area contributed by atoms with Crippen LogP contribution in [0.3, 0.4) is 0 Å². The van der Waals surface area contributed by atoms with Crippen LogP contribution in [0.5, 0.6) is 5.75 Å². The largest absolute Gasteiger partial charge is 0.495 e. The van der Waals surface area contributed by atoms with Gasteiger partial charge in [-0.1, -0.05) is 12.1 Å². The molecule has 7 heteroatoms. The molecule has 0 bridgehead atoms. The number of hydrogen-bond acceptors (Lipinski definition) is 5. The van der Waals surface area contributed by atoms with E-state index in [1.54, 1.807) is 24.3 Å². The molecule has 1 N–H and O–H groups in total. The van der Waals surface area contributed by atoms with Gasteiger partial charge in [-0.2, -0.15) is 0 Å². The first-order chi connectivity index (χ1) is 12.5. The molecule has 0 aromatic heterocycles.